The van der Waals surface area contributed by atoms with Gasteiger partial charge in [-0.1, -0.05) is 26.2 Å². The van der Waals surface area contributed by atoms with Crippen molar-refractivity contribution in [1.82, 2.24) is 14.8 Å². The van der Waals surface area contributed by atoms with Gasteiger partial charge >= 0.3 is 5.97 Å². The minimum Gasteiger partial charge on any atom is -0.480 e. The van der Waals surface area contributed by atoms with Crippen molar-refractivity contribution in [3.8, 4) is 0 Å². The molecule has 0 aromatic carbocycles. The normalized spacial score (nSPS) is 25.1. The quantitative estimate of drug-likeness (QED) is 0.621. The predicted octanol–water partition coefficient (Wildman–Crippen LogP) is 4.12. The molecule has 0 amide bonds. The first-order valence-electron chi connectivity index (χ1n) is 13.0. The van der Waals surface area contributed by atoms with Gasteiger partial charge in [-0.05, 0) is 69.0 Å². The van der Waals surface area contributed by atoms with E-state index in [0.717, 1.165) is 65.0 Å². The van der Waals surface area contributed by atoms with Gasteiger partial charge < -0.3 is 14.9 Å². The summed E-state index contributed by atoms with van der Waals surface area (Å²) in [7, 11) is 0. The van der Waals surface area contributed by atoms with E-state index in [1.807, 2.05) is 18.5 Å². The first-order chi connectivity index (χ1) is 15.7. The minimum absolute atomic E-state index is 0.256. The second-order valence-electron chi connectivity index (χ2n) is 10.3. The van der Waals surface area contributed by atoms with Crippen LogP contribution < -0.4 is 4.90 Å². The third-order valence-corrected chi connectivity index (χ3v) is 8.02. The molecule has 32 heavy (non-hydrogen) atoms. The molecule has 0 bridgehead atoms. The molecule has 1 aromatic rings. The number of aromatic nitrogens is 1. The van der Waals surface area contributed by atoms with E-state index in [-0.39, 0.29) is 6.04 Å². The van der Waals surface area contributed by atoms with Crippen molar-refractivity contribution in [2.45, 2.75) is 76.8 Å². The van der Waals surface area contributed by atoms with Gasteiger partial charge in [-0.25, -0.2) is 0 Å². The highest BCUT2D eigenvalue weighted by atomic mass is 16.4. The zero-order valence-corrected chi connectivity index (χ0v) is 19.9. The third-order valence-electron chi connectivity index (χ3n) is 8.02. The number of piperidine rings is 1. The third kappa shape index (κ3) is 5.82. The van der Waals surface area contributed by atoms with Gasteiger partial charge in [0.25, 0.3) is 0 Å². The summed E-state index contributed by atoms with van der Waals surface area (Å²) in [4.78, 5) is 23.9. The summed E-state index contributed by atoms with van der Waals surface area (Å²) in [5, 5.41) is 9.95. The lowest BCUT2D eigenvalue weighted by molar-refractivity contribution is -0.145. The van der Waals surface area contributed by atoms with Crippen LogP contribution in [0.15, 0.2) is 24.5 Å². The molecule has 0 radical (unpaired) electrons. The van der Waals surface area contributed by atoms with Crippen LogP contribution in [-0.2, 0) is 4.79 Å². The molecule has 2 aliphatic heterocycles. The predicted molar refractivity (Wildman–Crippen MR) is 129 cm³/mol. The summed E-state index contributed by atoms with van der Waals surface area (Å²) in [5.41, 5.74) is 1.25. The van der Waals surface area contributed by atoms with Crippen LogP contribution in [-0.4, -0.2) is 77.2 Å². The van der Waals surface area contributed by atoms with E-state index >= 15 is 0 Å². The fourth-order valence-electron chi connectivity index (χ4n) is 6.44. The molecule has 3 aliphatic rings. The van der Waals surface area contributed by atoms with Gasteiger partial charge in [0.2, 0.25) is 0 Å². The minimum atomic E-state index is -0.593. The molecule has 6 heteroatoms. The zero-order chi connectivity index (χ0) is 22.3. The van der Waals surface area contributed by atoms with Gasteiger partial charge in [0.1, 0.15) is 6.04 Å². The van der Waals surface area contributed by atoms with Crippen molar-refractivity contribution in [2.75, 3.05) is 44.2 Å². The molecule has 0 spiro atoms. The molecule has 1 aliphatic carbocycles. The number of hydrogen-bond donors (Lipinski definition) is 1. The van der Waals surface area contributed by atoms with Gasteiger partial charge in [0.15, 0.2) is 0 Å². The monoisotopic (exact) mass is 442 g/mol. The Bertz CT molecular complexity index is 701. The second-order valence-corrected chi connectivity index (χ2v) is 10.3. The average Bonchev–Trinajstić information content (AvgIpc) is 3.27. The summed E-state index contributed by atoms with van der Waals surface area (Å²) in [6.45, 7) is 8.68. The first kappa shape index (κ1) is 23.5. The molecule has 6 nitrogen and oxygen atoms in total. The average molecular weight is 443 g/mol. The van der Waals surface area contributed by atoms with E-state index in [0.29, 0.717) is 17.9 Å². The number of rotatable bonds is 9. The van der Waals surface area contributed by atoms with Crippen molar-refractivity contribution >= 4 is 11.7 Å². The summed E-state index contributed by atoms with van der Waals surface area (Å²) >= 11 is 0. The maximum absolute atomic E-state index is 12.1. The lowest BCUT2D eigenvalue weighted by atomic mass is 9.83. The van der Waals surface area contributed by atoms with Crippen molar-refractivity contribution in [3.63, 3.8) is 0 Å². The van der Waals surface area contributed by atoms with Crippen LogP contribution in [0.25, 0.3) is 0 Å². The molecule has 3 fully saturated rings. The molecule has 1 saturated carbocycles. The molecule has 3 heterocycles. The molecular formula is C26H42N4O2. The SMILES string of the molecule is CCCN(c1cccnc1)C1CCN(CC2CCN(C(C(=O)O)C3CCCCC3)C2)CC1. The maximum Gasteiger partial charge on any atom is 0.321 e. The lowest BCUT2D eigenvalue weighted by Gasteiger charge is -2.40. The van der Waals surface area contributed by atoms with Gasteiger partial charge in [-0.2, -0.15) is 0 Å². The van der Waals surface area contributed by atoms with Crippen LogP contribution in [0.1, 0.15) is 64.7 Å². The van der Waals surface area contributed by atoms with Gasteiger partial charge in [-0.3, -0.25) is 14.7 Å². The molecule has 1 aromatic heterocycles. The Labute approximate surface area is 194 Å². The van der Waals surface area contributed by atoms with Crippen LogP contribution in [0.3, 0.4) is 0 Å². The first-order valence-corrected chi connectivity index (χ1v) is 13.0. The Morgan fingerprint density at radius 1 is 1.16 bits per heavy atom. The van der Waals surface area contributed by atoms with Crippen molar-refractivity contribution in [2.24, 2.45) is 11.8 Å². The Balaban J connectivity index is 1.27. The fourth-order valence-corrected chi connectivity index (χ4v) is 6.44. The summed E-state index contributed by atoms with van der Waals surface area (Å²) < 4.78 is 0. The van der Waals surface area contributed by atoms with Gasteiger partial charge in [-0.15, -0.1) is 0 Å². The number of aliphatic carboxylic acids is 1. The zero-order valence-electron chi connectivity index (χ0n) is 19.9. The van der Waals surface area contributed by atoms with Gasteiger partial charge in [0, 0.05) is 45.0 Å². The number of carbonyl (C=O) groups is 1. The smallest absolute Gasteiger partial charge is 0.321 e. The van der Waals surface area contributed by atoms with Crippen LogP contribution in [0.2, 0.25) is 0 Å². The highest BCUT2D eigenvalue weighted by Crippen LogP contribution is 2.32. The summed E-state index contributed by atoms with van der Waals surface area (Å²) in [5.74, 6) is 0.375. The van der Waals surface area contributed by atoms with Crippen LogP contribution in [0, 0.1) is 11.8 Å². The molecule has 4 rings (SSSR count). The van der Waals surface area contributed by atoms with E-state index in [1.165, 1.54) is 37.8 Å². The Kier molecular flexibility index (Phi) is 8.42. The number of carboxylic acids is 1. The van der Waals surface area contributed by atoms with Gasteiger partial charge in [0.05, 0.1) is 11.9 Å². The Hall–Kier alpha value is -1.66. The summed E-state index contributed by atoms with van der Waals surface area (Å²) in [6, 6.07) is 4.57. The highest BCUT2D eigenvalue weighted by molar-refractivity contribution is 5.74. The highest BCUT2D eigenvalue weighted by Gasteiger charge is 2.38. The Morgan fingerprint density at radius 2 is 1.94 bits per heavy atom. The molecule has 2 unspecified atom stereocenters. The molecule has 2 saturated heterocycles. The fraction of sp³-hybridized carbons (Fsp3) is 0.769. The van der Waals surface area contributed by atoms with Crippen LogP contribution in [0.4, 0.5) is 5.69 Å². The summed E-state index contributed by atoms with van der Waals surface area (Å²) in [6.07, 6.45) is 14.4. The van der Waals surface area contributed by atoms with E-state index in [1.54, 1.807) is 0 Å². The molecule has 178 valence electrons. The van der Waals surface area contributed by atoms with Crippen LogP contribution >= 0.6 is 0 Å². The number of anilines is 1. The largest absolute Gasteiger partial charge is 0.480 e. The van der Waals surface area contributed by atoms with Crippen molar-refractivity contribution in [1.29, 1.82) is 0 Å². The molecule has 2 atom stereocenters. The topological polar surface area (TPSA) is 59.9 Å². The van der Waals surface area contributed by atoms with Crippen molar-refractivity contribution < 1.29 is 9.90 Å². The number of nitrogens with zero attached hydrogens (tertiary/aromatic N) is 4. The standard InChI is InChI=1S/C26H42N4O2/c1-2-14-30(24-9-6-13-27-18-24)23-11-15-28(16-12-23)19-21-10-17-29(20-21)25(26(31)32)22-7-4-3-5-8-22/h6,9,13,18,21-23,25H,2-5,7-8,10-12,14-17,19-20H2,1H3,(H,31,32). The number of likely N-dealkylation sites (tertiary alicyclic amines) is 2. The van der Waals surface area contributed by atoms with Crippen molar-refractivity contribution in [3.05, 3.63) is 24.5 Å². The van der Waals surface area contributed by atoms with Crippen LogP contribution in [0.5, 0.6) is 0 Å². The second kappa shape index (κ2) is 11.5. The maximum atomic E-state index is 12.1. The Morgan fingerprint density at radius 3 is 2.59 bits per heavy atom. The number of hydrogen-bond acceptors (Lipinski definition) is 5. The number of carboxylic acid groups (broad SMARTS) is 1. The molecular weight excluding hydrogens is 400 g/mol. The van der Waals surface area contributed by atoms with E-state index in [4.69, 9.17) is 0 Å². The van der Waals surface area contributed by atoms with E-state index in [2.05, 4.69) is 32.7 Å². The van der Waals surface area contributed by atoms with E-state index < -0.39 is 5.97 Å². The molecule has 1 N–H and O–H groups in total. The van der Waals surface area contributed by atoms with E-state index in [9.17, 15) is 9.90 Å². The number of pyridine rings is 1. The lowest BCUT2D eigenvalue weighted by Crippen LogP contribution is -2.47.